The first-order chi connectivity index (χ1) is 18.0. The Kier molecular flexibility index (Phi) is 9.38. The van der Waals surface area contributed by atoms with Gasteiger partial charge < -0.3 is 42.2 Å². The van der Waals surface area contributed by atoms with Gasteiger partial charge in [-0.2, -0.15) is 0 Å². The zero-order valence-electron chi connectivity index (χ0n) is 20.5. The molecule has 4 atom stereocenters. The number of aromatic hydroxyl groups is 1. The summed E-state index contributed by atoms with van der Waals surface area (Å²) in [6.45, 7) is 0.208. The molecule has 1 fully saturated rings. The van der Waals surface area contributed by atoms with Crippen molar-refractivity contribution in [2.45, 2.75) is 56.3 Å². The van der Waals surface area contributed by atoms with E-state index in [0.717, 1.165) is 0 Å². The van der Waals surface area contributed by atoms with Gasteiger partial charge in [-0.1, -0.05) is 12.1 Å². The van der Waals surface area contributed by atoms with Crippen LogP contribution in [0.25, 0.3) is 0 Å². The average molecular weight is 530 g/mol. The molecule has 1 aromatic heterocycles. The second-order valence-corrected chi connectivity index (χ2v) is 9.08. The molecule has 0 aliphatic carbocycles. The van der Waals surface area contributed by atoms with Crippen LogP contribution in [0.4, 0.5) is 0 Å². The molecule has 0 spiro atoms. The Morgan fingerprint density at radius 3 is 2.42 bits per heavy atom. The van der Waals surface area contributed by atoms with Gasteiger partial charge in [0.15, 0.2) is 0 Å². The van der Waals surface area contributed by atoms with E-state index in [-0.39, 0.29) is 31.6 Å². The van der Waals surface area contributed by atoms with Gasteiger partial charge in [0.05, 0.1) is 18.8 Å². The fourth-order valence-corrected chi connectivity index (χ4v) is 4.25. The zero-order valence-corrected chi connectivity index (χ0v) is 20.5. The van der Waals surface area contributed by atoms with E-state index in [1.165, 1.54) is 29.6 Å². The molecule has 14 heteroatoms. The number of carbonyl (C=O) groups is 5. The molecule has 1 saturated heterocycles. The highest BCUT2D eigenvalue weighted by atomic mass is 16.4. The molecule has 2 heterocycles. The predicted octanol–water partition coefficient (Wildman–Crippen LogP) is -1.85. The maximum absolute atomic E-state index is 13.6. The van der Waals surface area contributed by atoms with E-state index in [4.69, 9.17) is 11.5 Å². The van der Waals surface area contributed by atoms with Crippen molar-refractivity contribution in [1.82, 2.24) is 25.5 Å². The van der Waals surface area contributed by atoms with Crippen molar-refractivity contribution in [3.05, 3.63) is 48.0 Å². The first-order valence-electron chi connectivity index (χ1n) is 12.0. The fraction of sp³-hybridized carbons (Fsp3) is 0.417. The van der Waals surface area contributed by atoms with E-state index in [1.807, 2.05) is 0 Å². The molecule has 0 saturated carbocycles. The standard InChI is InChI=1S/C24H31N7O7/c25-16(8-13-3-5-15(32)6-4-13)21(34)29-17(9-14-11-27-12-28-14)23(36)31-7-1-2-19(31)22(35)30-18(24(37)38)10-20(26)33/h3-6,11-12,16-19,32H,1-2,7-10,25H2,(H2,26,33)(H,27,28)(H,29,34)(H,30,35)(H,37,38). The molecule has 1 aromatic carbocycles. The summed E-state index contributed by atoms with van der Waals surface area (Å²) in [7, 11) is 0. The number of nitrogens with one attached hydrogen (secondary N) is 3. The number of phenols is 1. The minimum Gasteiger partial charge on any atom is -0.508 e. The van der Waals surface area contributed by atoms with Crippen LogP contribution < -0.4 is 22.1 Å². The lowest BCUT2D eigenvalue weighted by molar-refractivity contribution is -0.145. The SMILES string of the molecule is NC(=O)CC(NC(=O)C1CCCN1C(=O)C(Cc1cnc[nH]1)NC(=O)C(N)Cc1ccc(O)cc1)C(=O)O. The number of imidazole rings is 1. The lowest BCUT2D eigenvalue weighted by Gasteiger charge is -2.29. The molecular weight excluding hydrogens is 498 g/mol. The van der Waals surface area contributed by atoms with Crippen LogP contribution in [0.5, 0.6) is 5.75 Å². The number of nitrogens with two attached hydrogens (primary N) is 2. The van der Waals surface area contributed by atoms with Crippen molar-refractivity contribution < 1.29 is 34.2 Å². The van der Waals surface area contributed by atoms with Gasteiger partial charge in [0.2, 0.25) is 23.6 Å². The monoisotopic (exact) mass is 529 g/mol. The van der Waals surface area contributed by atoms with Gasteiger partial charge in [0.1, 0.15) is 23.9 Å². The highest BCUT2D eigenvalue weighted by Crippen LogP contribution is 2.20. The number of amides is 4. The van der Waals surface area contributed by atoms with Gasteiger partial charge in [-0.25, -0.2) is 9.78 Å². The Morgan fingerprint density at radius 1 is 1.11 bits per heavy atom. The summed E-state index contributed by atoms with van der Waals surface area (Å²) in [5.41, 5.74) is 12.4. The van der Waals surface area contributed by atoms with Gasteiger partial charge in [-0.05, 0) is 37.0 Å². The highest BCUT2D eigenvalue weighted by Gasteiger charge is 2.39. The number of aliphatic carboxylic acids is 1. The van der Waals surface area contributed by atoms with Crippen LogP contribution in [-0.4, -0.2) is 85.4 Å². The van der Waals surface area contributed by atoms with E-state index < -0.39 is 60.2 Å². The summed E-state index contributed by atoms with van der Waals surface area (Å²) in [5, 5.41) is 23.7. The van der Waals surface area contributed by atoms with E-state index in [2.05, 4.69) is 20.6 Å². The van der Waals surface area contributed by atoms with Gasteiger partial charge in [0, 0.05) is 24.9 Å². The van der Waals surface area contributed by atoms with Crippen molar-refractivity contribution in [2.75, 3.05) is 6.54 Å². The van der Waals surface area contributed by atoms with Crippen LogP contribution in [0.3, 0.4) is 0 Å². The molecule has 4 amide bonds. The molecule has 3 rings (SSSR count). The third kappa shape index (κ3) is 7.52. The highest BCUT2D eigenvalue weighted by molar-refractivity contribution is 5.95. The number of primary amides is 1. The number of carboxylic acid groups (broad SMARTS) is 1. The largest absolute Gasteiger partial charge is 0.508 e. The molecular formula is C24H31N7O7. The summed E-state index contributed by atoms with van der Waals surface area (Å²) >= 11 is 0. The van der Waals surface area contributed by atoms with Gasteiger partial charge in [-0.15, -0.1) is 0 Å². The predicted molar refractivity (Wildman–Crippen MR) is 132 cm³/mol. The first kappa shape index (κ1) is 28.1. The molecule has 204 valence electrons. The smallest absolute Gasteiger partial charge is 0.326 e. The molecule has 1 aliphatic heterocycles. The number of aromatic amines is 1. The number of likely N-dealkylation sites (tertiary alicyclic amines) is 1. The number of hydrogen-bond donors (Lipinski definition) is 7. The van der Waals surface area contributed by atoms with Crippen LogP contribution in [0, 0.1) is 0 Å². The summed E-state index contributed by atoms with van der Waals surface area (Å²) in [6.07, 6.45) is 3.26. The third-order valence-electron chi connectivity index (χ3n) is 6.18. The molecule has 0 bridgehead atoms. The van der Waals surface area contributed by atoms with Crippen molar-refractivity contribution in [1.29, 1.82) is 0 Å². The molecule has 2 aromatic rings. The second kappa shape index (κ2) is 12.7. The Morgan fingerprint density at radius 2 is 1.82 bits per heavy atom. The van der Waals surface area contributed by atoms with Gasteiger partial charge in [0.25, 0.3) is 0 Å². The zero-order chi connectivity index (χ0) is 27.8. The summed E-state index contributed by atoms with van der Waals surface area (Å²) in [5.74, 6) is -4.14. The minimum atomic E-state index is -1.53. The third-order valence-corrected chi connectivity index (χ3v) is 6.18. The van der Waals surface area contributed by atoms with Crippen LogP contribution in [0.2, 0.25) is 0 Å². The Balaban J connectivity index is 1.73. The van der Waals surface area contributed by atoms with Crippen LogP contribution in [0.15, 0.2) is 36.8 Å². The van der Waals surface area contributed by atoms with Crippen molar-refractivity contribution in [2.24, 2.45) is 11.5 Å². The summed E-state index contributed by atoms with van der Waals surface area (Å²) in [4.78, 5) is 70.1. The molecule has 9 N–H and O–H groups in total. The normalized spacial score (nSPS) is 17.3. The van der Waals surface area contributed by atoms with Crippen LogP contribution in [-0.2, 0) is 36.8 Å². The average Bonchev–Trinajstić information content (AvgIpc) is 3.56. The lowest BCUT2D eigenvalue weighted by atomic mass is 10.0. The van der Waals surface area contributed by atoms with Gasteiger partial charge >= 0.3 is 5.97 Å². The molecule has 14 nitrogen and oxygen atoms in total. The maximum atomic E-state index is 13.6. The van der Waals surface area contributed by atoms with E-state index in [0.29, 0.717) is 17.7 Å². The number of nitrogens with zero attached hydrogens (tertiary/aromatic N) is 2. The van der Waals surface area contributed by atoms with Gasteiger partial charge in [-0.3, -0.25) is 19.2 Å². The van der Waals surface area contributed by atoms with E-state index in [9.17, 15) is 34.2 Å². The lowest BCUT2D eigenvalue weighted by Crippen LogP contribution is -2.57. The Labute approximate surface area is 217 Å². The number of benzene rings is 1. The number of rotatable bonds is 12. The molecule has 0 radical (unpaired) electrons. The molecule has 4 unspecified atom stereocenters. The number of H-pyrrole nitrogens is 1. The molecule has 1 aliphatic rings. The van der Waals surface area contributed by atoms with Crippen molar-refractivity contribution in [3.63, 3.8) is 0 Å². The number of carbonyl (C=O) groups excluding carboxylic acids is 4. The van der Waals surface area contributed by atoms with E-state index in [1.54, 1.807) is 12.1 Å². The fourth-order valence-electron chi connectivity index (χ4n) is 4.25. The van der Waals surface area contributed by atoms with Crippen LogP contribution >= 0.6 is 0 Å². The number of hydrogen-bond acceptors (Lipinski definition) is 8. The molecule has 38 heavy (non-hydrogen) atoms. The second-order valence-electron chi connectivity index (χ2n) is 9.08. The number of phenolic OH excluding ortho intramolecular Hbond substituents is 1. The topological polar surface area (TPSA) is 234 Å². The van der Waals surface area contributed by atoms with Crippen LogP contribution in [0.1, 0.15) is 30.5 Å². The maximum Gasteiger partial charge on any atom is 0.326 e. The van der Waals surface area contributed by atoms with Crippen molar-refractivity contribution in [3.8, 4) is 5.75 Å². The first-order valence-corrected chi connectivity index (χ1v) is 12.0. The summed E-state index contributed by atoms with van der Waals surface area (Å²) < 4.78 is 0. The Bertz CT molecular complexity index is 1150. The number of aromatic nitrogens is 2. The van der Waals surface area contributed by atoms with E-state index >= 15 is 0 Å². The Hall–Kier alpha value is -4.46. The quantitative estimate of drug-likeness (QED) is 0.163. The minimum absolute atomic E-state index is 0.0424. The summed E-state index contributed by atoms with van der Waals surface area (Å²) in [6, 6.07) is 1.59. The number of carboxylic acids is 1. The van der Waals surface area contributed by atoms with Crippen molar-refractivity contribution >= 4 is 29.6 Å².